The van der Waals surface area contributed by atoms with Crippen LogP contribution >= 0.6 is 11.8 Å². The van der Waals surface area contributed by atoms with Crippen LogP contribution < -0.4 is 5.32 Å². The molecule has 146 valence electrons. The van der Waals surface area contributed by atoms with E-state index in [9.17, 15) is 4.79 Å². The van der Waals surface area contributed by atoms with E-state index in [4.69, 9.17) is 4.42 Å². The van der Waals surface area contributed by atoms with E-state index < -0.39 is 0 Å². The van der Waals surface area contributed by atoms with Gasteiger partial charge in [-0.05, 0) is 38.0 Å². The van der Waals surface area contributed by atoms with Crippen LogP contribution in [0.2, 0.25) is 0 Å². The Hall–Kier alpha value is -2.60. The van der Waals surface area contributed by atoms with E-state index in [1.165, 1.54) is 11.8 Å². The van der Waals surface area contributed by atoms with Crippen molar-refractivity contribution in [3.63, 3.8) is 0 Å². The third kappa shape index (κ3) is 5.45. The highest BCUT2D eigenvalue weighted by atomic mass is 32.2. The molecule has 0 aliphatic heterocycles. The molecule has 2 aromatic carbocycles. The molecule has 1 unspecified atom stereocenters. The largest absolute Gasteiger partial charge is 0.411 e. The summed E-state index contributed by atoms with van der Waals surface area (Å²) in [5.74, 6) is 0.669. The SMILES string of the molecule is CCCC(NC(=O)CSc1nnc(-c2cc(C)cc(C)c2)o1)c1ccccc1. The predicted molar refractivity (Wildman–Crippen MR) is 112 cm³/mol. The topological polar surface area (TPSA) is 68.0 Å². The molecule has 0 radical (unpaired) electrons. The standard InChI is InChI=1S/C22H25N3O2S/c1-4-8-19(17-9-6-5-7-10-17)23-20(26)14-28-22-25-24-21(27-22)18-12-15(2)11-16(3)13-18/h5-7,9-13,19H,4,8,14H2,1-3H3,(H,23,26). The number of rotatable bonds is 8. The fourth-order valence-corrected chi connectivity index (χ4v) is 3.72. The van der Waals surface area contributed by atoms with Gasteiger partial charge < -0.3 is 9.73 Å². The van der Waals surface area contributed by atoms with Crippen LogP contribution in [0.25, 0.3) is 11.5 Å². The lowest BCUT2D eigenvalue weighted by Crippen LogP contribution is -2.29. The summed E-state index contributed by atoms with van der Waals surface area (Å²) in [6.07, 6.45) is 1.90. The molecule has 0 saturated carbocycles. The molecule has 1 aromatic heterocycles. The van der Waals surface area contributed by atoms with Crippen molar-refractivity contribution < 1.29 is 9.21 Å². The molecule has 1 N–H and O–H groups in total. The maximum Gasteiger partial charge on any atom is 0.277 e. The highest BCUT2D eigenvalue weighted by Gasteiger charge is 2.16. The van der Waals surface area contributed by atoms with Gasteiger partial charge in [0, 0.05) is 5.56 Å². The number of aromatic nitrogens is 2. The molecular weight excluding hydrogens is 370 g/mol. The van der Waals surface area contributed by atoms with Gasteiger partial charge in [-0.25, -0.2) is 0 Å². The Bertz CT molecular complexity index is 904. The average molecular weight is 396 g/mol. The van der Waals surface area contributed by atoms with Crippen LogP contribution in [0.1, 0.15) is 42.5 Å². The van der Waals surface area contributed by atoms with Gasteiger partial charge in [-0.1, -0.05) is 72.6 Å². The first-order valence-electron chi connectivity index (χ1n) is 9.44. The second-order valence-corrected chi connectivity index (χ2v) is 7.78. The minimum atomic E-state index is -0.0431. The third-order valence-electron chi connectivity index (χ3n) is 4.32. The van der Waals surface area contributed by atoms with E-state index in [2.05, 4.69) is 28.5 Å². The molecule has 0 fully saturated rings. The molecule has 0 saturated heterocycles. The Morgan fingerprint density at radius 2 is 1.82 bits per heavy atom. The van der Waals surface area contributed by atoms with Crippen molar-refractivity contribution in [3.8, 4) is 11.5 Å². The van der Waals surface area contributed by atoms with Crippen molar-refractivity contribution in [2.75, 3.05) is 5.75 Å². The summed E-state index contributed by atoms with van der Waals surface area (Å²) in [6, 6.07) is 16.2. The molecule has 6 heteroatoms. The number of carbonyl (C=O) groups is 1. The van der Waals surface area contributed by atoms with Crippen molar-refractivity contribution in [2.45, 2.75) is 44.9 Å². The molecule has 3 aromatic rings. The zero-order valence-electron chi connectivity index (χ0n) is 16.4. The van der Waals surface area contributed by atoms with Gasteiger partial charge in [0.15, 0.2) is 0 Å². The van der Waals surface area contributed by atoms with Gasteiger partial charge in [-0.3, -0.25) is 4.79 Å². The number of nitrogens with zero attached hydrogens (tertiary/aromatic N) is 2. The zero-order chi connectivity index (χ0) is 19.9. The average Bonchev–Trinajstić information content (AvgIpc) is 3.15. The van der Waals surface area contributed by atoms with Crippen LogP contribution in [-0.4, -0.2) is 21.9 Å². The van der Waals surface area contributed by atoms with Crippen LogP contribution in [0.15, 0.2) is 58.2 Å². The fraction of sp³-hybridized carbons (Fsp3) is 0.318. The van der Waals surface area contributed by atoms with Crippen LogP contribution in [0, 0.1) is 13.8 Å². The fourth-order valence-electron chi connectivity index (χ4n) is 3.14. The number of amides is 1. The molecule has 5 nitrogen and oxygen atoms in total. The highest BCUT2D eigenvalue weighted by molar-refractivity contribution is 7.99. The Morgan fingerprint density at radius 3 is 2.50 bits per heavy atom. The maximum atomic E-state index is 12.4. The second-order valence-electron chi connectivity index (χ2n) is 6.86. The van der Waals surface area contributed by atoms with E-state index in [0.29, 0.717) is 11.1 Å². The van der Waals surface area contributed by atoms with Crippen molar-refractivity contribution in [1.29, 1.82) is 0 Å². The number of benzene rings is 2. The lowest BCUT2D eigenvalue weighted by molar-refractivity contribution is -0.119. The molecule has 0 bridgehead atoms. The lowest BCUT2D eigenvalue weighted by atomic mass is 10.0. The maximum absolute atomic E-state index is 12.4. The monoisotopic (exact) mass is 395 g/mol. The third-order valence-corrected chi connectivity index (χ3v) is 5.13. The summed E-state index contributed by atoms with van der Waals surface area (Å²) < 4.78 is 5.73. The van der Waals surface area contributed by atoms with Gasteiger partial charge >= 0.3 is 0 Å². The first-order valence-corrected chi connectivity index (χ1v) is 10.4. The molecular formula is C22H25N3O2S. The normalized spacial score (nSPS) is 12.0. The Balaban J connectivity index is 1.59. The first-order chi connectivity index (χ1) is 13.5. The van der Waals surface area contributed by atoms with Crippen molar-refractivity contribution >= 4 is 17.7 Å². The quantitative estimate of drug-likeness (QED) is 0.537. The van der Waals surface area contributed by atoms with Crippen LogP contribution in [0.4, 0.5) is 0 Å². The van der Waals surface area contributed by atoms with Crippen LogP contribution in [0.5, 0.6) is 0 Å². The molecule has 28 heavy (non-hydrogen) atoms. The van der Waals surface area contributed by atoms with E-state index in [1.54, 1.807) is 0 Å². The van der Waals surface area contributed by atoms with Crippen molar-refractivity contribution in [1.82, 2.24) is 15.5 Å². The molecule has 0 spiro atoms. The lowest BCUT2D eigenvalue weighted by Gasteiger charge is -2.18. The summed E-state index contributed by atoms with van der Waals surface area (Å²) in [7, 11) is 0. The van der Waals surface area contributed by atoms with Crippen molar-refractivity contribution in [3.05, 3.63) is 65.2 Å². The highest BCUT2D eigenvalue weighted by Crippen LogP contribution is 2.25. The second kappa shape index (κ2) is 9.55. The number of thioether (sulfide) groups is 1. The molecule has 1 atom stereocenters. The Morgan fingerprint density at radius 1 is 1.11 bits per heavy atom. The number of hydrogen-bond donors (Lipinski definition) is 1. The summed E-state index contributed by atoms with van der Waals surface area (Å²) in [4.78, 5) is 12.4. The zero-order valence-corrected chi connectivity index (χ0v) is 17.3. The van der Waals surface area contributed by atoms with E-state index in [-0.39, 0.29) is 17.7 Å². The minimum absolute atomic E-state index is 0.0211. The van der Waals surface area contributed by atoms with E-state index in [0.717, 1.165) is 35.1 Å². The van der Waals surface area contributed by atoms with Gasteiger partial charge in [-0.15, -0.1) is 10.2 Å². The molecule has 1 heterocycles. The number of hydrogen-bond acceptors (Lipinski definition) is 5. The molecule has 0 aliphatic rings. The van der Waals surface area contributed by atoms with E-state index >= 15 is 0 Å². The van der Waals surface area contributed by atoms with Crippen LogP contribution in [-0.2, 0) is 4.79 Å². The van der Waals surface area contributed by atoms with Gasteiger partial charge in [0.05, 0.1) is 11.8 Å². The number of carbonyl (C=O) groups excluding carboxylic acids is 1. The van der Waals surface area contributed by atoms with Gasteiger partial charge in [0.2, 0.25) is 11.8 Å². The van der Waals surface area contributed by atoms with E-state index in [1.807, 2.05) is 56.3 Å². The van der Waals surface area contributed by atoms with Gasteiger partial charge in [0.25, 0.3) is 5.22 Å². The molecule has 1 amide bonds. The number of aryl methyl sites for hydroxylation is 2. The predicted octanol–water partition coefficient (Wildman–Crippen LogP) is 5.10. The first kappa shape index (κ1) is 20.1. The van der Waals surface area contributed by atoms with Crippen LogP contribution in [0.3, 0.4) is 0 Å². The summed E-state index contributed by atoms with van der Waals surface area (Å²) in [5, 5.41) is 11.7. The number of nitrogens with one attached hydrogen (secondary N) is 1. The summed E-state index contributed by atoms with van der Waals surface area (Å²) >= 11 is 1.26. The Kier molecular flexibility index (Phi) is 6.87. The minimum Gasteiger partial charge on any atom is -0.411 e. The van der Waals surface area contributed by atoms with Gasteiger partial charge in [0.1, 0.15) is 0 Å². The molecule has 0 aliphatic carbocycles. The van der Waals surface area contributed by atoms with Gasteiger partial charge in [-0.2, -0.15) is 0 Å². The smallest absolute Gasteiger partial charge is 0.277 e. The Labute approximate surface area is 170 Å². The van der Waals surface area contributed by atoms with Crippen molar-refractivity contribution in [2.24, 2.45) is 0 Å². The molecule has 3 rings (SSSR count). The summed E-state index contributed by atoms with van der Waals surface area (Å²) in [5.41, 5.74) is 4.31. The summed E-state index contributed by atoms with van der Waals surface area (Å²) in [6.45, 7) is 6.18.